The molecule has 276 valence electrons. The van der Waals surface area contributed by atoms with E-state index in [4.69, 9.17) is 33.2 Å². The van der Waals surface area contributed by atoms with E-state index in [2.05, 4.69) is 78.9 Å². The van der Waals surface area contributed by atoms with Crippen LogP contribution in [0.15, 0.2) is 195 Å². The molecule has 0 radical (unpaired) electrons. The first-order chi connectivity index (χ1) is 29.2. The zero-order chi connectivity index (χ0) is 38.9. The van der Waals surface area contributed by atoms with Crippen molar-refractivity contribution in [3.05, 3.63) is 182 Å². The van der Waals surface area contributed by atoms with Crippen LogP contribution in [0, 0.1) is 0 Å². The molecule has 59 heavy (non-hydrogen) atoms. The first kappa shape index (κ1) is 33.0. The summed E-state index contributed by atoms with van der Waals surface area (Å²) in [6.45, 7) is 0. The molecule has 0 fully saturated rings. The SMILES string of the molecule is c1ccc(-c2nc3c(-c4cccc(-c5cccc(-c6nc(-c7ccc8c(c7)oc7ccccc78)nc(-c7ccc8c(c7)oc7ccccc78)n6)c5)c4)cccc3o2)cc1. The predicted octanol–water partition coefficient (Wildman–Crippen LogP) is 13.8. The number of hydrogen-bond acceptors (Lipinski definition) is 7. The Hall–Kier alpha value is -8.16. The molecule has 0 aliphatic rings. The van der Waals surface area contributed by atoms with Crippen molar-refractivity contribution >= 4 is 55.0 Å². The lowest BCUT2D eigenvalue weighted by atomic mass is 9.97. The van der Waals surface area contributed by atoms with Crippen LogP contribution in [-0.4, -0.2) is 19.9 Å². The Bertz CT molecular complexity index is 3450. The normalized spacial score (nSPS) is 11.7. The number of hydrogen-bond donors (Lipinski definition) is 0. The molecule has 0 spiro atoms. The Balaban J connectivity index is 0.971. The van der Waals surface area contributed by atoms with Crippen LogP contribution in [0.2, 0.25) is 0 Å². The smallest absolute Gasteiger partial charge is 0.227 e. The minimum Gasteiger partial charge on any atom is -0.456 e. The van der Waals surface area contributed by atoms with Gasteiger partial charge in [-0.3, -0.25) is 0 Å². The zero-order valence-corrected chi connectivity index (χ0v) is 31.3. The molecule has 0 unspecified atom stereocenters. The molecule has 7 nitrogen and oxygen atoms in total. The maximum atomic E-state index is 6.28. The van der Waals surface area contributed by atoms with Crippen LogP contribution >= 0.6 is 0 Å². The van der Waals surface area contributed by atoms with Crippen LogP contribution in [0.4, 0.5) is 0 Å². The van der Waals surface area contributed by atoms with Gasteiger partial charge in [-0.25, -0.2) is 19.9 Å². The highest BCUT2D eigenvalue weighted by Crippen LogP contribution is 2.37. The third-order valence-electron chi connectivity index (χ3n) is 11.0. The van der Waals surface area contributed by atoms with Crippen molar-refractivity contribution in [2.45, 2.75) is 0 Å². The average Bonchev–Trinajstić information content (AvgIpc) is 4.02. The molecule has 7 heteroatoms. The Morgan fingerprint density at radius 2 is 0.729 bits per heavy atom. The molecule has 0 bridgehead atoms. The van der Waals surface area contributed by atoms with Crippen molar-refractivity contribution in [2.24, 2.45) is 0 Å². The highest BCUT2D eigenvalue weighted by atomic mass is 16.3. The second-order valence-corrected chi connectivity index (χ2v) is 14.6. The fraction of sp³-hybridized carbons (Fsp3) is 0. The van der Waals surface area contributed by atoms with Gasteiger partial charge in [0, 0.05) is 49.4 Å². The van der Waals surface area contributed by atoms with Crippen LogP contribution in [0.5, 0.6) is 0 Å². The summed E-state index contributed by atoms with van der Waals surface area (Å²) in [4.78, 5) is 20.2. The molecule has 0 saturated carbocycles. The van der Waals surface area contributed by atoms with Gasteiger partial charge in [-0.05, 0) is 83.4 Å². The average molecular weight is 759 g/mol. The number of para-hydroxylation sites is 3. The van der Waals surface area contributed by atoms with Gasteiger partial charge >= 0.3 is 0 Å². The van der Waals surface area contributed by atoms with Gasteiger partial charge in [-0.15, -0.1) is 0 Å². The van der Waals surface area contributed by atoms with E-state index in [-0.39, 0.29) is 0 Å². The molecule has 0 amide bonds. The highest BCUT2D eigenvalue weighted by molar-refractivity contribution is 6.07. The largest absolute Gasteiger partial charge is 0.456 e. The molecule has 0 saturated heterocycles. The predicted molar refractivity (Wildman–Crippen MR) is 235 cm³/mol. The van der Waals surface area contributed by atoms with Gasteiger partial charge in [-0.2, -0.15) is 0 Å². The van der Waals surface area contributed by atoms with Crippen LogP contribution in [-0.2, 0) is 0 Å². The summed E-state index contributed by atoms with van der Waals surface area (Å²) < 4.78 is 18.8. The summed E-state index contributed by atoms with van der Waals surface area (Å²) >= 11 is 0. The van der Waals surface area contributed by atoms with E-state index >= 15 is 0 Å². The second kappa shape index (κ2) is 13.2. The van der Waals surface area contributed by atoms with Gasteiger partial charge in [0.05, 0.1) is 0 Å². The van der Waals surface area contributed by atoms with E-state index < -0.39 is 0 Å². The Morgan fingerprint density at radius 3 is 1.36 bits per heavy atom. The number of benzene rings is 8. The molecule has 0 atom stereocenters. The quantitative estimate of drug-likeness (QED) is 0.167. The van der Waals surface area contributed by atoms with Gasteiger partial charge in [-0.1, -0.05) is 115 Å². The molecule has 12 aromatic rings. The van der Waals surface area contributed by atoms with Gasteiger partial charge in [0.2, 0.25) is 5.89 Å². The Morgan fingerprint density at radius 1 is 0.271 bits per heavy atom. The van der Waals surface area contributed by atoms with Crippen LogP contribution in [0.3, 0.4) is 0 Å². The van der Waals surface area contributed by atoms with E-state index in [9.17, 15) is 0 Å². The monoisotopic (exact) mass is 758 g/mol. The van der Waals surface area contributed by atoms with Crippen molar-refractivity contribution < 1.29 is 13.3 Å². The van der Waals surface area contributed by atoms with E-state index in [1.54, 1.807) is 0 Å². The number of fused-ring (bicyclic) bond motifs is 7. The molecular weight excluding hydrogens is 729 g/mol. The summed E-state index contributed by atoms with van der Waals surface area (Å²) in [6, 6.07) is 61.3. The lowest BCUT2D eigenvalue weighted by Gasteiger charge is -2.10. The van der Waals surface area contributed by atoms with Gasteiger partial charge < -0.3 is 13.3 Å². The number of rotatable bonds is 6. The summed E-state index contributed by atoms with van der Waals surface area (Å²) in [7, 11) is 0. The number of aromatic nitrogens is 4. The lowest BCUT2D eigenvalue weighted by molar-refractivity contribution is 0.620. The molecule has 4 aromatic heterocycles. The maximum absolute atomic E-state index is 6.28. The zero-order valence-electron chi connectivity index (χ0n) is 31.3. The Labute approximate surface area is 336 Å². The number of furan rings is 2. The third-order valence-corrected chi connectivity index (χ3v) is 11.0. The molecular formula is C52H30N4O3. The molecule has 0 aliphatic heterocycles. The molecule has 0 N–H and O–H groups in total. The maximum Gasteiger partial charge on any atom is 0.227 e. The summed E-state index contributed by atoms with van der Waals surface area (Å²) in [5.41, 5.74) is 12.4. The fourth-order valence-electron chi connectivity index (χ4n) is 8.08. The summed E-state index contributed by atoms with van der Waals surface area (Å²) in [5.74, 6) is 2.24. The van der Waals surface area contributed by atoms with E-state index in [1.165, 1.54) is 0 Å². The van der Waals surface area contributed by atoms with Crippen molar-refractivity contribution in [1.82, 2.24) is 19.9 Å². The van der Waals surface area contributed by atoms with Crippen molar-refractivity contribution in [1.29, 1.82) is 0 Å². The first-order valence-corrected chi connectivity index (χ1v) is 19.4. The summed E-state index contributed by atoms with van der Waals surface area (Å²) in [5, 5.41) is 4.22. The third kappa shape index (κ3) is 5.67. The van der Waals surface area contributed by atoms with E-state index in [0.717, 1.165) is 99.5 Å². The molecule has 12 rings (SSSR count). The standard InChI is InChI=1S/C52H30N4O3/c1-2-11-31(12-3-1)52-53-48-38(19-10-22-45(48)59-52)34-15-8-13-32(27-34)33-14-9-16-35(28-33)49-54-50(36-23-25-41-39-17-4-6-20-43(39)57-46(41)29-36)56-51(55-49)37-24-26-42-40-18-5-7-21-44(40)58-47(42)30-37/h1-30H. The van der Waals surface area contributed by atoms with Crippen LogP contribution < -0.4 is 0 Å². The highest BCUT2D eigenvalue weighted by Gasteiger charge is 2.18. The van der Waals surface area contributed by atoms with Crippen molar-refractivity contribution in [3.8, 4) is 67.9 Å². The van der Waals surface area contributed by atoms with E-state index in [1.807, 2.05) is 103 Å². The summed E-state index contributed by atoms with van der Waals surface area (Å²) in [6.07, 6.45) is 0. The van der Waals surface area contributed by atoms with Crippen molar-refractivity contribution in [3.63, 3.8) is 0 Å². The topological polar surface area (TPSA) is 91.0 Å². The second-order valence-electron chi connectivity index (χ2n) is 14.6. The van der Waals surface area contributed by atoms with Crippen LogP contribution in [0.25, 0.3) is 123 Å². The minimum absolute atomic E-state index is 0.542. The first-order valence-electron chi connectivity index (χ1n) is 19.4. The van der Waals surface area contributed by atoms with Crippen LogP contribution in [0.1, 0.15) is 0 Å². The molecule has 8 aromatic carbocycles. The number of nitrogens with zero attached hydrogens (tertiary/aromatic N) is 4. The fourth-order valence-corrected chi connectivity index (χ4v) is 8.08. The minimum atomic E-state index is 0.542. The van der Waals surface area contributed by atoms with Crippen molar-refractivity contribution in [2.75, 3.05) is 0 Å². The molecule has 4 heterocycles. The molecule has 0 aliphatic carbocycles. The van der Waals surface area contributed by atoms with Gasteiger partial charge in [0.15, 0.2) is 23.1 Å². The van der Waals surface area contributed by atoms with Gasteiger partial charge in [0.25, 0.3) is 0 Å². The lowest BCUT2D eigenvalue weighted by Crippen LogP contribution is -2.00. The Kier molecular flexibility index (Phi) is 7.40. The number of oxazole rings is 1. The van der Waals surface area contributed by atoms with Gasteiger partial charge in [0.1, 0.15) is 27.8 Å². The van der Waals surface area contributed by atoms with E-state index in [0.29, 0.717) is 23.4 Å².